The minimum atomic E-state index is -1.49. The standard InChI is InChI=1S/C40H54ClN3O5S/c1-5-7-17-40(46,18-8-9-19-43-20-22-48-23-21-43)36-15-11-32(36)26-44-27-33(35-14-13-34(41)24-30(35)10-6-2)28-49-38-16-12-31(25-37(38)44)39(45)42-50(47)29(3)4/h7,12-14,16-17,24-25,29,32-33,36,46H,5-6,9-11,15,19-23,26-28H2,1-4H3,(H,42,45)/b17-7+. The van der Waals surface area contributed by atoms with Gasteiger partial charge in [-0.15, -0.1) is 0 Å². The molecule has 2 heterocycles. The van der Waals surface area contributed by atoms with Crippen LogP contribution >= 0.6 is 11.6 Å². The molecule has 2 fully saturated rings. The number of nitrogens with zero attached hydrogens (tertiary/aromatic N) is 2. The van der Waals surface area contributed by atoms with Gasteiger partial charge in [-0.2, -0.15) is 0 Å². The molecular weight excluding hydrogens is 670 g/mol. The fourth-order valence-electron chi connectivity index (χ4n) is 7.17. The Labute approximate surface area is 306 Å². The molecule has 0 spiro atoms. The van der Waals surface area contributed by atoms with Crippen LogP contribution in [0.4, 0.5) is 5.69 Å². The number of hydrogen-bond acceptors (Lipinski definition) is 7. The summed E-state index contributed by atoms with van der Waals surface area (Å²) in [5.41, 5.74) is 2.49. The van der Waals surface area contributed by atoms with Crippen LogP contribution in [-0.4, -0.2) is 83.5 Å². The molecule has 3 aliphatic rings. The molecule has 272 valence electrons. The highest BCUT2D eigenvalue weighted by molar-refractivity contribution is 7.84. The van der Waals surface area contributed by atoms with E-state index < -0.39 is 16.6 Å². The Hall–Kier alpha value is -2.87. The highest BCUT2D eigenvalue weighted by Crippen LogP contribution is 2.45. The van der Waals surface area contributed by atoms with Crippen LogP contribution < -0.4 is 14.4 Å². The Kier molecular flexibility index (Phi) is 13.9. The van der Waals surface area contributed by atoms with Gasteiger partial charge in [0, 0.05) is 66.8 Å². The summed E-state index contributed by atoms with van der Waals surface area (Å²) in [5, 5.41) is 12.6. The van der Waals surface area contributed by atoms with E-state index in [4.69, 9.17) is 21.1 Å². The van der Waals surface area contributed by atoms with Crippen molar-refractivity contribution < 1.29 is 23.6 Å². The number of halogens is 1. The molecule has 8 nitrogen and oxygen atoms in total. The molecule has 2 aromatic rings. The summed E-state index contributed by atoms with van der Waals surface area (Å²) < 4.78 is 27.1. The van der Waals surface area contributed by atoms with Crippen molar-refractivity contribution >= 4 is 34.2 Å². The predicted octanol–water partition coefficient (Wildman–Crippen LogP) is 6.53. The van der Waals surface area contributed by atoms with Gasteiger partial charge in [0.05, 0.1) is 25.5 Å². The summed E-state index contributed by atoms with van der Waals surface area (Å²) in [5.74, 6) is 7.17. The van der Waals surface area contributed by atoms with Crippen molar-refractivity contribution in [2.45, 2.75) is 83.0 Å². The molecule has 0 bridgehead atoms. The van der Waals surface area contributed by atoms with Crippen LogP contribution in [0.3, 0.4) is 0 Å². The number of morpholine rings is 1. The summed E-state index contributed by atoms with van der Waals surface area (Å²) >= 11 is 6.45. The number of ether oxygens (including phenoxy) is 2. The van der Waals surface area contributed by atoms with Gasteiger partial charge >= 0.3 is 0 Å². The quantitative estimate of drug-likeness (QED) is 0.180. The minimum Gasteiger partial charge on any atom is -0.491 e. The largest absolute Gasteiger partial charge is 0.491 e. The van der Waals surface area contributed by atoms with E-state index in [0.29, 0.717) is 37.4 Å². The van der Waals surface area contributed by atoms with Crippen LogP contribution in [0.15, 0.2) is 48.6 Å². The second kappa shape index (κ2) is 18.1. The summed E-state index contributed by atoms with van der Waals surface area (Å²) in [7, 11) is -1.49. The number of rotatable bonds is 13. The number of anilines is 1. The van der Waals surface area contributed by atoms with Crippen LogP contribution in [0.25, 0.3) is 0 Å². The van der Waals surface area contributed by atoms with Crippen LogP contribution in [0.1, 0.15) is 87.2 Å². The maximum atomic E-state index is 13.2. The first-order valence-corrected chi connectivity index (χ1v) is 19.9. The number of amides is 1. The zero-order chi connectivity index (χ0) is 35.7. The molecule has 5 unspecified atom stereocenters. The molecule has 2 aliphatic heterocycles. The van der Waals surface area contributed by atoms with Gasteiger partial charge in [-0.25, -0.2) is 4.21 Å². The first kappa shape index (κ1) is 38.4. The highest BCUT2D eigenvalue weighted by Gasteiger charge is 2.45. The Morgan fingerprint density at radius 3 is 2.68 bits per heavy atom. The van der Waals surface area contributed by atoms with Crippen molar-refractivity contribution in [2.75, 3.05) is 57.4 Å². The first-order chi connectivity index (χ1) is 24.1. The van der Waals surface area contributed by atoms with E-state index in [9.17, 15) is 14.1 Å². The summed E-state index contributed by atoms with van der Waals surface area (Å²) in [6, 6.07) is 11.6. The lowest BCUT2D eigenvalue weighted by atomic mass is 9.64. The number of aryl methyl sites for hydroxylation is 1. The van der Waals surface area contributed by atoms with Crippen LogP contribution in [-0.2, 0) is 22.1 Å². The third kappa shape index (κ3) is 9.71. The Bertz CT molecular complexity index is 1580. The average Bonchev–Trinajstić information content (AvgIpc) is 3.27. The lowest BCUT2D eigenvalue weighted by Crippen LogP contribution is -2.49. The monoisotopic (exact) mass is 723 g/mol. The zero-order valence-corrected chi connectivity index (χ0v) is 31.7. The van der Waals surface area contributed by atoms with Gasteiger partial charge in [-0.3, -0.25) is 14.4 Å². The summed E-state index contributed by atoms with van der Waals surface area (Å²) in [4.78, 5) is 17.9. The fourth-order valence-corrected chi connectivity index (χ4v) is 7.90. The normalized spacial score (nSPS) is 22.8. The van der Waals surface area contributed by atoms with Crippen molar-refractivity contribution in [3.8, 4) is 17.6 Å². The van der Waals surface area contributed by atoms with Gasteiger partial charge in [0.15, 0.2) is 0 Å². The van der Waals surface area contributed by atoms with Crippen molar-refractivity contribution in [3.63, 3.8) is 0 Å². The number of benzene rings is 2. The molecule has 10 heteroatoms. The minimum absolute atomic E-state index is 0.0293. The smallest absolute Gasteiger partial charge is 0.263 e. The molecule has 2 N–H and O–H groups in total. The fraction of sp³-hybridized carbons (Fsp3) is 0.575. The van der Waals surface area contributed by atoms with E-state index in [-0.39, 0.29) is 28.9 Å². The number of carbonyl (C=O) groups excluding carboxylic acids is 1. The topological polar surface area (TPSA) is 91.3 Å². The molecule has 1 saturated carbocycles. The number of allylic oxidation sites excluding steroid dienone is 1. The van der Waals surface area contributed by atoms with Gasteiger partial charge < -0.3 is 19.5 Å². The molecule has 2 aromatic carbocycles. The van der Waals surface area contributed by atoms with E-state index in [0.717, 1.165) is 75.7 Å². The van der Waals surface area contributed by atoms with E-state index >= 15 is 0 Å². The van der Waals surface area contributed by atoms with E-state index in [1.165, 1.54) is 11.1 Å². The summed E-state index contributed by atoms with van der Waals surface area (Å²) in [6.45, 7) is 13.9. The van der Waals surface area contributed by atoms with Crippen molar-refractivity contribution in [3.05, 3.63) is 70.3 Å². The van der Waals surface area contributed by atoms with Crippen molar-refractivity contribution in [2.24, 2.45) is 11.8 Å². The molecule has 5 atom stereocenters. The molecule has 50 heavy (non-hydrogen) atoms. The molecule has 5 rings (SSSR count). The van der Waals surface area contributed by atoms with Crippen LogP contribution in [0.2, 0.25) is 5.02 Å². The Morgan fingerprint density at radius 2 is 1.98 bits per heavy atom. The molecular formula is C40H54ClN3O5S. The zero-order valence-electron chi connectivity index (χ0n) is 30.1. The predicted molar refractivity (Wildman–Crippen MR) is 203 cm³/mol. The van der Waals surface area contributed by atoms with Gasteiger partial charge in [0.25, 0.3) is 5.91 Å². The Morgan fingerprint density at radius 1 is 1.18 bits per heavy atom. The number of aliphatic hydroxyl groups is 1. The van der Waals surface area contributed by atoms with E-state index in [2.05, 4.69) is 52.3 Å². The SMILES string of the molecule is CC/C=C/C(O)(C#CCCN1CCOCC1)C1CCC1CN1CC(c2ccc(Cl)cc2CCC)COc2ccc(C(=O)NS(=O)C(C)C)cc21. The number of carbonyl (C=O) groups is 1. The van der Waals surface area contributed by atoms with Crippen LogP contribution in [0, 0.1) is 23.7 Å². The van der Waals surface area contributed by atoms with Gasteiger partial charge in [0.1, 0.15) is 22.3 Å². The number of hydrogen-bond donors (Lipinski definition) is 2. The van der Waals surface area contributed by atoms with Gasteiger partial charge in [-0.1, -0.05) is 55.9 Å². The first-order valence-electron chi connectivity index (χ1n) is 18.3. The van der Waals surface area contributed by atoms with E-state index in [1.54, 1.807) is 6.07 Å². The average molecular weight is 724 g/mol. The van der Waals surface area contributed by atoms with Crippen LogP contribution in [0.5, 0.6) is 5.75 Å². The Balaban J connectivity index is 1.43. The molecule has 0 radical (unpaired) electrons. The summed E-state index contributed by atoms with van der Waals surface area (Å²) in [6.07, 6.45) is 9.23. The number of fused-ring (bicyclic) bond motifs is 1. The molecule has 1 saturated heterocycles. The maximum Gasteiger partial charge on any atom is 0.263 e. The lowest BCUT2D eigenvalue weighted by molar-refractivity contribution is -0.00297. The second-order valence-electron chi connectivity index (χ2n) is 14.1. The molecule has 1 amide bonds. The van der Waals surface area contributed by atoms with Gasteiger partial charge in [0.2, 0.25) is 0 Å². The highest BCUT2D eigenvalue weighted by atomic mass is 35.5. The second-order valence-corrected chi connectivity index (χ2v) is 16.2. The molecule has 1 aliphatic carbocycles. The lowest BCUT2D eigenvalue weighted by Gasteiger charge is -2.46. The third-order valence-electron chi connectivity index (χ3n) is 10.1. The third-order valence-corrected chi connectivity index (χ3v) is 11.6. The van der Waals surface area contributed by atoms with Crippen molar-refractivity contribution in [1.29, 1.82) is 0 Å². The maximum absolute atomic E-state index is 13.2. The van der Waals surface area contributed by atoms with Crippen molar-refractivity contribution in [1.82, 2.24) is 9.62 Å². The molecule has 0 aromatic heterocycles. The van der Waals surface area contributed by atoms with E-state index in [1.807, 2.05) is 44.2 Å². The van der Waals surface area contributed by atoms with Gasteiger partial charge in [-0.05, 0) is 93.0 Å². The number of nitrogens with one attached hydrogen (secondary N) is 1.